The van der Waals surface area contributed by atoms with E-state index in [9.17, 15) is 4.79 Å². The van der Waals surface area contributed by atoms with Crippen LogP contribution in [0.15, 0.2) is 12.7 Å². The third-order valence-corrected chi connectivity index (χ3v) is 3.07. The van der Waals surface area contributed by atoms with E-state index in [1.807, 2.05) is 6.92 Å². The molecule has 0 aromatic rings. The highest BCUT2D eigenvalue weighted by molar-refractivity contribution is 5.72. The summed E-state index contributed by atoms with van der Waals surface area (Å²) in [6.45, 7) is 5.86. The average molecular weight is 196 g/mol. The molecule has 1 rings (SSSR count). The van der Waals surface area contributed by atoms with Gasteiger partial charge in [0, 0.05) is 0 Å². The largest absolute Gasteiger partial charge is 0.461 e. The summed E-state index contributed by atoms with van der Waals surface area (Å²) in [6.07, 6.45) is 7.85. The van der Waals surface area contributed by atoms with Crippen molar-refractivity contribution in [2.75, 3.05) is 6.61 Å². The Morgan fingerprint density at radius 1 is 1.50 bits per heavy atom. The molecule has 0 heterocycles. The van der Waals surface area contributed by atoms with Crippen molar-refractivity contribution in [3.05, 3.63) is 12.7 Å². The fourth-order valence-corrected chi connectivity index (χ4v) is 2.10. The topological polar surface area (TPSA) is 26.3 Å². The maximum absolute atomic E-state index is 11.5. The summed E-state index contributed by atoms with van der Waals surface area (Å²) in [5, 5.41) is 0. The summed E-state index contributed by atoms with van der Waals surface area (Å²) in [4.78, 5) is 11.5. The molecule has 1 fully saturated rings. The second-order valence-electron chi connectivity index (χ2n) is 4.11. The van der Waals surface area contributed by atoms with E-state index < -0.39 is 0 Å². The van der Waals surface area contributed by atoms with Gasteiger partial charge in [0.15, 0.2) is 0 Å². The monoisotopic (exact) mass is 196 g/mol. The summed E-state index contributed by atoms with van der Waals surface area (Å²) >= 11 is 0. The van der Waals surface area contributed by atoms with E-state index in [0.29, 0.717) is 12.5 Å². The van der Waals surface area contributed by atoms with Crippen LogP contribution in [0.1, 0.15) is 39.0 Å². The lowest BCUT2D eigenvalue weighted by Crippen LogP contribution is -2.25. The molecule has 2 nitrogen and oxygen atoms in total. The number of carbonyl (C=O) groups excluding carboxylic acids is 1. The smallest absolute Gasteiger partial charge is 0.309 e. The van der Waals surface area contributed by atoms with Crippen LogP contribution in [-0.2, 0) is 9.53 Å². The lowest BCUT2D eigenvalue weighted by molar-refractivity contribution is -0.149. The third kappa shape index (κ3) is 3.17. The van der Waals surface area contributed by atoms with E-state index in [4.69, 9.17) is 4.74 Å². The first kappa shape index (κ1) is 11.3. The predicted octanol–water partition coefficient (Wildman–Crippen LogP) is 2.93. The Morgan fingerprint density at radius 2 is 2.14 bits per heavy atom. The SMILES string of the molecule is C=CCOC(=O)[C@@H](C)C1CCCCC1. The summed E-state index contributed by atoms with van der Waals surface area (Å²) in [6, 6.07) is 0. The molecule has 1 atom stereocenters. The second kappa shape index (κ2) is 5.84. The van der Waals surface area contributed by atoms with Crippen molar-refractivity contribution in [1.29, 1.82) is 0 Å². The van der Waals surface area contributed by atoms with Gasteiger partial charge in [-0.3, -0.25) is 4.79 Å². The van der Waals surface area contributed by atoms with Crippen LogP contribution < -0.4 is 0 Å². The molecule has 1 saturated carbocycles. The molecule has 80 valence electrons. The molecule has 14 heavy (non-hydrogen) atoms. The minimum absolute atomic E-state index is 0.0585. The van der Waals surface area contributed by atoms with Crippen molar-refractivity contribution in [3.8, 4) is 0 Å². The molecule has 0 N–H and O–H groups in total. The standard InChI is InChI=1S/C12H20O2/c1-3-9-14-12(13)10(2)11-7-5-4-6-8-11/h3,10-11H,1,4-9H2,2H3/t10-/m0/s1. The molecule has 1 aliphatic rings. The van der Waals surface area contributed by atoms with Gasteiger partial charge in [-0.2, -0.15) is 0 Å². The predicted molar refractivity (Wildman–Crippen MR) is 56.9 cm³/mol. The second-order valence-corrected chi connectivity index (χ2v) is 4.11. The van der Waals surface area contributed by atoms with Crippen molar-refractivity contribution < 1.29 is 9.53 Å². The lowest BCUT2D eigenvalue weighted by Gasteiger charge is -2.25. The first-order valence-electron chi connectivity index (χ1n) is 5.53. The van der Waals surface area contributed by atoms with Crippen LogP contribution in [0.5, 0.6) is 0 Å². The van der Waals surface area contributed by atoms with E-state index in [1.165, 1.54) is 32.1 Å². The van der Waals surface area contributed by atoms with Crippen LogP contribution in [0, 0.1) is 11.8 Å². The Labute approximate surface area is 86.3 Å². The van der Waals surface area contributed by atoms with Crippen LogP contribution in [0.3, 0.4) is 0 Å². The van der Waals surface area contributed by atoms with Crippen molar-refractivity contribution in [1.82, 2.24) is 0 Å². The highest BCUT2D eigenvalue weighted by Crippen LogP contribution is 2.30. The maximum atomic E-state index is 11.5. The fraction of sp³-hybridized carbons (Fsp3) is 0.750. The molecule has 0 amide bonds. The molecule has 2 heteroatoms. The zero-order valence-electron chi connectivity index (χ0n) is 9.00. The van der Waals surface area contributed by atoms with Crippen molar-refractivity contribution in [2.24, 2.45) is 11.8 Å². The van der Waals surface area contributed by atoms with E-state index in [2.05, 4.69) is 6.58 Å². The van der Waals surface area contributed by atoms with Crippen molar-refractivity contribution in [3.63, 3.8) is 0 Å². The molecular weight excluding hydrogens is 176 g/mol. The van der Waals surface area contributed by atoms with Gasteiger partial charge in [-0.15, -0.1) is 0 Å². The van der Waals surface area contributed by atoms with Gasteiger partial charge in [0.1, 0.15) is 6.61 Å². The molecule has 0 aromatic carbocycles. The molecule has 0 saturated heterocycles. The summed E-state index contributed by atoms with van der Waals surface area (Å²) < 4.78 is 5.05. The minimum atomic E-state index is -0.0585. The van der Waals surface area contributed by atoms with E-state index in [1.54, 1.807) is 6.08 Å². The molecule has 0 aromatic heterocycles. The van der Waals surface area contributed by atoms with Crippen molar-refractivity contribution >= 4 is 5.97 Å². The Morgan fingerprint density at radius 3 is 2.71 bits per heavy atom. The zero-order chi connectivity index (χ0) is 10.4. The van der Waals surface area contributed by atoms with Gasteiger partial charge in [-0.1, -0.05) is 38.8 Å². The Kier molecular flexibility index (Phi) is 4.71. The molecule has 0 radical (unpaired) electrons. The first-order chi connectivity index (χ1) is 6.75. The minimum Gasteiger partial charge on any atom is -0.461 e. The third-order valence-electron chi connectivity index (χ3n) is 3.07. The molecule has 0 bridgehead atoms. The van der Waals surface area contributed by atoms with Gasteiger partial charge >= 0.3 is 5.97 Å². The molecule has 1 aliphatic carbocycles. The highest BCUT2D eigenvalue weighted by atomic mass is 16.5. The number of ether oxygens (including phenoxy) is 1. The van der Waals surface area contributed by atoms with Gasteiger partial charge < -0.3 is 4.74 Å². The summed E-state index contributed by atoms with van der Waals surface area (Å²) in [5.74, 6) is 0.549. The lowest BCUT2D eigenvalue weighted by atomic mass is 9.81. The number of hydrogen-bond donors (Lipinski definition) is 0. The van der Waals surface area contributed by atoms with Gasteiger partial charge in [-0.25, -0.2) is 0 Å². The number of rotatable bonds is 4. The van der Waals surface area contributed by atoms with E-state index >= 15 is 0 Å². The van der Waals surface area contributed by atoms with Gasteiger partial charge in [-0.05, 0) is 18.8 Å². The molecule has 0 spiro atoms. The van der Waals surface area contributed by atoms with E-state index in [0.717, 1.165) is 0 Å². The summed E-state index contributed by atoms with van der Waals surface area (Å²) in [7, 11) is 0. The Bertz CT molecular complexity index is 192. The summed E-state index contributed by atoms with van der Waals surface area (Å²) in [5.41, 5.74) is 0. The average Bonchev–Trinajstić information content (AvgIpc) is 2.26. The molecule has 0 aliphatic heterocycles. The highest BCUT2D eigenvalue weighted by Gasteiger charge is 2.26. The number of carbonyl (C=O) groups is 1. The Balaban J connectivity index is 2.33. The van der Waals surface area contributed by atoms with Gasteiger partial charge in [0.25, 0.3) is 0 Å². The fourth-order valence-electron chi connectivity index (χ4n) is 2.10. The van der Waals surface area contributed by atoms with Gasteiger partial charge in [0.05, 0.1) is 5.92 Å². The van der Waals surface area contributed by atoms with E-state index in [-0.39, 0.29) is 11.9 Å². The molecular formula is C12H20O2. The Hall–Kier alpha value is -0.790. The van der Waals surface area contributed by atoms with Crippen LogP contribution in [0.25, 0.3) is 0 Å². The van der Waals surface area contributed by atoms with Gasteiger partial charge in [0.2, 0.25) is 0 Å². The van der Waals surface area contributed by atoms with Crippen LogP contribution in [0.2, 0.25) is 0 Å². The number of hydrogen-bond acceptors (Lipinski definition) is 2. The zero-order valence-corrected chi connectivity index (χ0v) is 9.00. The quantitative estimate of drug-likeness (QED) is 0.510. The van der Waals surface area contributed by atoms with Crippen LogP contribution in [0.4, 0.5) is 0 Å². The maximum Gasteiger partial charge on any atom is 0.309 e. The molecule has 0 unspecified atom stereocenters. The first-order valence-corrected chi connectivity index (χ1v) is 5.53. The van der Waals surface area contributed by atoms with Crippen LogP contribution in [-0.4, -0.2) is 12.6 Å². The number of esters is 1. The van der Waals surface area contributed by atoms with Crippen LogP contribution >= 0.6 is 0 Å². The normalized spacial score (nSPS) is 20.1. The van der Waals surface area contributed by atoms with Crippen molar-refractivity contribution in [2.45, 2.75) is 39.0 Å².